The number of aromatic nitrogens is 2. The number of carbonyl (C=O) groups is 1. The summed E-state index contributed by atoms with van der Waals surface area (Å²) in [6.45, 7) is 0.456. The van der Waals surface area contributed by atoms with Crippen LogP contribution in [0.1, 0.15) is 23.2 Å². The van der Waals surface area contributed by atoms with Gasteiger partial charge in [0.25, 0.3) is 0 Å². The Hall–Kier alpha value is -2.63. The average Bonchev–Trinajstić information content (AvgIpc) is 2.57. The van der Waals surface area contributed by atoms with Crippen molar-refractivity contribution in [1.82, 2.24) is 20.2 Å². The van der Waals surface area contributed by atoms with E-state index in [0.717, 1.165) is 36.1 Å². The van der Waals surface area contributed by atoms with Gasteiger partial charge < -0.3 is 15.2 Å². The summed E-state index contributed by atoms with van der Waals surface area (Å²) in [6.07, 6.45) is 5.83. The van der Waals surface area contributed by atoms with E-state index in [-0.39, 0.29) is 17.6 Å². The standard InChI is InChI=1S/C17H20N4O2/c1-21-15-6-5-14(9-13(15)4-7-16(21)22)20-17(23)19-11-12-3-2-8-18-10-12/h2-4,7-8,10,14H,5-6,9,11H2,1H3,(H2,19,20,23)/t14-/m0/s1. The van der Waals surface area contributed by atoms with E-state index in [2.05, 4.69) is 15.6 Å². The highest BCUT2D eigenvalue weighted by Crippen LogP contribution is 2.19. The molecule has 2 aromatic heterocycles. The van der Waals surface area contributed by atoms with Gasteiger partial charge in [0.05, 0.1) is 0 Å². The van der Waals surface area contributed by atoms with Crippen molar-refractivity contribution in [2.24, 2.45) is 7.05 Å². The van der Waals surface area contributed by atoms with Crippen molar-refractivity contribution in [3.05, 3.63) is 63.8 Å². The Labute approximate surface area is 134 Å². The van der Waals surface area contributed by atoms with Gasteiger partial charge in [-0.1, -0.05) is 12.1 Å². The molecule has 120 valence electrons. The topological polar surface area (TPSA) is 76.0 Å². The highest BCUT2D eigenvalue weighted by atomic mass is 16.2. The lowest BCUT2D eigenvalue weighted by Gasteiger charge is -2.26. The molecule has 2 aromatic rings. The van der Waals surface area contributed by atoms with Gasteiger partial charge in [0.1, 0.15) is 0 Å². The molecule has 3 rings (SSSR count). The molecule has 0 aliphatic heterocycles. The number of carbonyl (C=O) groups excluding carboxylic acids is 1. The summed E-state index contributed by atoms with van der Waals surface area (Å²) in [5, 5.41) is 5.85. The molecule has 0 aromatic carbocycles. The minimum absolute atomic E-state index is 0.0179. The fourth-order valence-electron chi connectivity index (χ4n) is 2.97. The Kier molecular flexibility index (Phi) is 4.41. The third-order valence-corrected chi connectivity index (χ3v) is 4.24. The first-order valence-corrected chi connectivity index (χ1v) is 7.74. The molecule has 0 spiro atoms. The number of amides is 2. The lowest BCUT2D eigenvalue weighted by molar-refractivity contribution is 0.235. The van der Waals surface area contributed by atoms with Crippen LogP contribution in [0.15, 0.2) is 41.5 Å². The van der Waals surface area contributed by atoms with Gasteiger partial charge in [-0.2, -0.15) is 0 Å². The summed E-state index contributed by atoms with van der Waals surface area (Å²) in [6, 6.07) is 7.14. The van der Waals surface area contributed by atoms with Crippen LogP contribution < -0.4 is 16.2 Å². The highest BCUT2D eigenvalue weighted by Gasteiger charge is 2.21. The van der Waals surface area contributed by atoms with Crippen molar-refractivity contribution < 1.29 is 4.79 Å². The normalized spacial score (nSPS) is 16.5. The zero-order valence-corrected chi connectivity index (χ0v) is 13.1. The Bertz CT molecular complexity index is 755. The molecule has 0 radical (unpaired) electrons. The summed E-state index contributed by atoms with van der Waals surface area (Å²) >= 11 is 0. The van der Waals surface area contributed by atoms with Crippen molar-refractivity contribution >= 4 is 6.03 Å². The predicted octanol–water partition coefficient (Wildman–Crippen LogP) is 1.14. The molecule has 1 aliphatic carbocycles. The molecule has 0 saturated heterocycles. The average molecular weight is 312 g/mol. The number of nitrogens with one attached hydrogen (secondary N) is 2. The predicted molar refractivity (Wildman–Crippen MR) is 87.1 cm³/mol. The minimum Gasteiger partial charge on any atom is -0.335 e. The first kappa shape index (κ1) is 15.3. The molecular weight excluding hydrogens is 292 g/mol. The summed E-state index contributed by atoms with van der Waals surface area (Å²) < 4.78 is 1.70. The molecule has 1 aliphatic rings. The van der Waals surface area contributed by atoms with Gasteiger partial charge in [-0.15, -0.1) is 0 Å². The van der Waals surface area contributed by atoms with Crippen molar-refractivity contribution in [3.63, 3.8) is 0 Å². The van der Waals surface area contributed by atoms with Crippen LogP contribution in [0.4, 0.5) is 4.79 Å². The van der Waals surface area contributed by atoms with Gasteiger partial charge in [0.15, 0.2) is 0 Å². The second-order valence-electron chi connectivity index (χ2n) is 5.83. The van der Waals surface area contributed by atoms with Crippen molar-refractivity contribution in [2.45, 2.75) is 31.8 Å². The molecule has 2 amide bonds. The van der Waals surface area contributed by atoms with Gasteiger partial charge in [-0.05, 0) is 36.5 Å². The van der Waals surface area contributed by atoms with Crippen LogP contribution in [-0.2, 0) is 26.4 Å². The van der Waals surface area contributed by atoms with E-state index in [0.29, 0.717) is 6.54 Å². The molecule has 0 fully saturated rings. The molecule has 0 saturated carbocycles. The Morgan fingerprint density at radius 1 is 1.39 bits per heavy atom. The lowest BCUT2D eigenvalue weighted by Crippen LogP contribution is -2.45. The molecular formula is C17H20N4O2. The zero-order chi connectivity index (χ0) is 16.2. The number of hydrogen-bond acceptors (Lipinski definition) is 3. The molecule has 1 atom stereocenters. The van der Waals surface area contributed by atoms with Crippen LogP contribution >= 0.6 is 0 Å². The maximum atomic E-state index is 12.0. The molecule has 23 heavy (non-hydrogen) atoms. The fraction of sp³-hybridized carbons (Fsp3) is 0.353. The van der Waals surface area contributed by atoms with Crippen LogP contribution in [0.5, 0.6) is 0 Å². The zero-order valence-electron chi connectivity index (χ0n) is 13.1. The maximum absolute atomic E-state index is 12.0. The quantitative estimate of drug-likeness (QED) is 0.892. The Morgan fingerprint density at radius 2 is 2.26 bits per heavy atom. The number of pyridine rings is 2. The third kappa shape index (κ3) is 3.59. The van der Waals surface area contributed by atoms with E-state index in [9.17, 15) is 9.59 Å². The summed E-state index contributed by atoms with van der Waals surface area (Å²) in [5.41, 5.74) is 3.19. The molecule has 2 heterocycles. The Balaban J connectivity index is 1.56. The van der Waals surface area contributed by atoms with E-state index < -0.39 is 0 Å². The molecule has 6 nitrogen and oxygen atoms in total. The Morgan fingerprint density at radius 3 is 3.04 bits per heavy atom. The van der Waals surface area contributed by atoms with E-state index in [1.165, 1.54) is 0 Å². The maximum Gasteiger partial charge on any atom is 0.315 e. The minimum atomic E-state index is -0.174. The molecule has 0 unspecified atom stereocenters. The van der Waals surface area contributed by atoms with Crippen LogP contribution in [0.3, 0.4) is 0 Å². The number of urea groups is 1. The first-order valence-electron chi connectivity index (χ1n) is 7.74. The van der Waals surface area contributed by atoms with Crippen LogP contribution in [0.2, 0.25) is 0 Å². The van der Waals surface area contributed by atoms with Gasteiger partial charge in [0, 0.05) is 43.8 Å². The number of rotatable bonds is 3. The van der Waals surface area contributed by atoms with Crippen molar-refractivity contribution in [2.75, 3.05) is 0 Å². The molecule has 6 heteroatoms. The number of hydrogen-bond donors (Lipinski definition) is 2. The first-order chi connectivity index (χ1) is 11.1. The van der Waals surface area contributed by atoms with Crippen LogP contribution in [0, 0.1) is 0 Å². The van der Waals surface area contributed by atoms with Crippen LogP contribution in [-0.4, -0.2) is 21.6 Å². The fourth-order valence-corrected chi connectivity index (χ4v) is 2.97. The van der Waals surface area contributed by atoms with E-state index >= 15 is 0 Å². The SMILES string of the molecule is Cn1c2c(ccc1=O)C[C@@H](NC(=O)NCc1cccnc1)CC2. The molecule has 0 bridgehead atoms. The van der Waals surface area contributed by atoms with Crippen molar-refractivity contribution in [3.8, 4) is 0 Å². The van der Waals surface area contributed by atoms with Gasteiger partial charge in [0.2, 0.25) is 5.56 Å². The number of nitrogens with zero attached hydrogens (tertiary/aromatic N) is 2. The summed E-state index contributed by atoms with van der Waals surface area (Å²) in [5.74, 6) is 0. The van der Waals surface area contributed by atoms with E-state index in [1.807, 2.05) is 18.2 Å². The summed E-state index contributed by atoms with van der Waals surface area (Å²) in [4.78, 5) is 27.7. The second-order valence-corrected chi connectivity index (χ2v) is 5.83. The van der Waals surface area contributed by atoms with Crippen molar-refractivity contribution in [1.29, 1.82) is 0 Å². The second kappa shape index (κ2) is 6.64. The third-order valence-electron chi connectivity index (χ3n) is 4.24. The highest BCUT2D eigenvalue weighted by molar-refractivity contribution is 5.74. The van der Waals surface area contributed by atoms with E-state index in [1.54, 1.807) is 30.1 Å². The van der Waals surface area contributed by atoms with Gasteiger partial charge in [-0.25, -0.2) is 4.79 Å². The van der Waals surface area contributed by atoms with Gasteiger partial charge in [-0.3, -0.25) is 9.78 Å². The van der Waals surface area contributed by atoms with Gasteiger partial charge >= 0.3 is 6.03 Å². The van der Waals surface area contributed by atoms with Crippen LogP contribution in [0.25, 0.3) is 0 Å². The summed E-state index contributed by atoms with van der Waals surface area (Å²) in [7, 11) is 1.80. The lowest BCUT2D eigenvalue weighted by atomic mass is 9.91. The smallest absolute Gasteiger partial charge is 0.315 e. The molecule has 2 N–H and O–H groups in total. The number of fused-ring (bicyclic) bond motifs is 1. The monoisotopic (exact) mass is 312 g/mol. The van der Waals surface area contributed by atoms with E-state index in [4.69, 9.17) is 0 Å². The largest absolute Gasteiger partial charge is 0.335 e.